The lowest BCUT2D eigenvalue weighted by Gasteiger charge is -2.11. The second-order valence-electron chi connectivity index (χ2n) is 4.01. The van der Waals surface area contributed by atoms with Gasteiger partial charge in [0.25, 0.3) is 0 Å². The van der Waals surface area contributed by atoms with Gasteiger partial charge in [-0.2, -0.15) is 0 Å². The minimum absolute atomic E-state index is 0.795. The Morgan fingerprint density at radius 1 is 1.21 bits per heavy atom. The van der Waals surface area contributed by atoms with Crippen molar-refractivity contribution in [2.75, 3.05) is 6.54 Å². The van der Waals surface area contributed by atoms with Crippen LogP contribution in [-0.2, 0) is 6.54 Å². The minimum Gasteiger partial charge on any atom is -0.312 e. The van der Waals surface area contributed by atoms with E-state index in [0.717, 1.165) is 19.0 Å². The van der Waals surface area contributed by atoms with Gasteiger partial charge in [-0.15, -0.1) is 0 Å². The van der Waals surface area contributed by atoms with Gasteiger partial charge in [0, 0.05) is 6.54 Å². The van der Waals surface area contributed by atoms with Crippen molar-refractivity contribution >= 4 is 0 Å². The summed E-state index contributed by atoms with van der Waals surface area (Å²) in [6.45, 7) is 6.67. The normalized spacial score (nSPS) is 12.7. The molecule has 0 aliphatic heterocycles. The minimum atomic E-state index is 0.795. The number of nitrogens with one attached hydrogen (secondary N) is 1. The molecule has 1 heteroatoms. The first kappa shape index (κ1) is 11.3. The molecule has 0 aliphatic carbocycles. The van der Waals surface area contributed by atoms with Crippen LogP contribution < -0.4 is 5.32 Å². The van der Waals surface area contributed by atoms with E-state index in [0.29, 0.717) is 0 Å². The van der Waals surface area contributed by atoms with Crippen LogP contribution in [0.1, 0.15) is 32.3 Å². The summed E-state index contributed by atoms with van der Waals surface area (Å²) in [5.41, 5.74) is 1.37. The molecule has 0 aromatic heterocycles. The Morgan fingerprint density at radius 3 is 2.57 bits per heavy atom. The van der Waals surface area contributed by atoms with Crippen LogP contribution in [0.4, 0.5) is 0 Å². The molecule has 0 fully saturated rings. The van der Waals surface area contributed by atoms with Gasteiger partial charge < -0.3 is 5.32 Å². The lowest BCUT2D eigenvalue weighted by molar-refractivity contribution is 0.476. The number of hydrogen-bond donors (Lipinski definition) is 1. The van der Waals surface area contributed by atoms with E-state index in [1.54, 1.807) is 0 Å². The Balaban J connectivity index is 2.16. The van der Waals surface area contributed by atoms with E-state index >= 15 is 0 Å². The monoisotopic (exact) mass is 191 g/mol. The average Bonchev–Trinajstić information content (AvgIpc) is 2.20. The zero-order chi connectivity index (χ0) is 10.2. The molecule has 0 aliphatic rings. The van der Waals surface area contributed by atoms with E-state index in [4.69, 9.17) is 0 Å². The molecular formula is C13H21N. The zero-order valence-corrected chi connectivity index (χ0v) is 9.29. The molecule has 0 spiro atoms. The van der Waals surface area contributed by atoms with E-state index in [2.05, 4.69) is 49.5 Å². The molecule has 1 aromatic carbocycles. The third kappa shape index (κ3) is 4.43. The van der Waals surface area contributed by atoms with E-state index in [-0.39, 0.29) is 0 Å². The molecule has 1 aromatic rings. The number of benzene rings is 1. The first-order valence-corrected chi connectivity index (χ1v) is 5.57. The summed E-state index contributed by atoms with van der Waals surface area (Å²) in [5.74, 6) is 0.795. The Bertz CT molecular complexity index is 230. The molecular weight excluding hydrogens is 170 g/mol. The second kappa shape index (κ2) is 6.61. The fraction of sp³-hybridized carbons (Fsp3) is 0.538. The molecule has 0 saturated heterocycles. The fourth-order valence-electron chi connectivity index (χ4n) is 1.65. The van der Waals surface area contributed by atoms with Crippen molar-refractivity contribution in [3.8, 4) is 0 Å². The van der Waals surface area contributed by atoms with Gasteiger partial charge in [0.15, 0.2) is 0 Å². The van der Waals surface area contributed by atoms with E-state index in [9.17, 15) is 0 Å². The summed E-state index contributed by atoms with van der Waals surface area (Å²) in [6.07, 6.45) is 2.61. The van der Waals surface area contributed by atoms with Crippen molar-refractivity contribution in [1.82, 2.24) is 5.32 Å². The molecule has 14 heavy (non-hydrogen) atoms. The van der Waals surface area contributed by atoms with Gasteiger partial charge in [-0.3, -0.25) is 0 Å². The van der Waals surface area contributed by atoms with Crippen LogP contribution in [0.15, 0.2) is 30.3 Å². The summed E-state index contributed by atoms with van der Waals surface area (Å²) in [7, 11) is 0. The molecule has 0 heterocycles. The van der Waals surface area contributed by atoms with Gasteiger partial charge in [0.05, 0.1) is 0 Å². The van der Waals surface area contributed by atoms with Crippen LogP contribution >= 0.6 is 0 Å². The third-order valence-electron chi connectivity index (χ3n) is 2.45. The highest BCUT2D eigenvalue weighted by atomic mass is 14.8. The molecule has 0 unspecified atom stereocenters. The van der Waals surface area contributed by atoms with Crippen molar-refractivity contribution < 1.29 is 0 Å². The fourth-order valence-corrected chi connectivity index (χ4v) is 1.65. The van der Waals surface area contributed by atoms with Gasteiger partial charge in [-0.25, -0.2) is 0 Å². The lowest BCUT2D eigenvalue weighted by Crippen LogP contribution is -2.20. The number of hydrogen-bond acceptors (Lipinski definition) is 1. The zero-order valence-electron chi connectivity index (χ0n) is 9.29. The van der Waals surface area contributed by atoms with Crippen LogP contribution in [0.5, 0.6) is 0 Å². The summed E-state index contributed by atoms with van der Waals surface area (Å²) in [4.78, 5) is 0. The summed E-state index contributed by atoms with van der Waals surface area (Å²) >= 11 is 0. The van der Waals surface area contributed by atoms with Crippen molar-refractivity contribution in [2.24, 2.45) is 5.92 Å². The van der Waals surface area contributed by atoms with Gasteiger partial charge in [-0.1, -0.05) is 50.6 Å². The molecule has 0 bridgehead atoms. The third-order valence-corrected chi connectivity index (χ3v) is 2.45. The Hall–Kier alpha value is -0.820. The second-order valence-corrected chi connectivity index (χ2v) is 4.01. The molecule has 0 radical (unpaired) electrons. The molecule has 1 atom stereocenters. The standard InChI is InChI=1S/C13H21N/c1-3-7-12(2)10-14-11-13-8-5-4-6-9-13/h4-6,8-9,12,14H,3,7,10-11H2,1-2H3/t12-/m0/s1. The summed E-state index contributed by atoms with van der Waals surface area (Å²) in [5, 5.41) is 3.49. The highest BCUT2D eigenvalue weighted by Crippen LogP contribution is 2.03. The van der Waals surface area contributed by atoms with Crippen LogP contribution in [0.25, 0.3) is 0 Å². The first-order valence-electron chi connectivity index (χ1n) is 5.57. The Morgan fingerprint density at radius 2 is 1.93 bits per heavy atom. The van der Waals surface area contributed by atoms with Crippen molar-refractivity contribution in [3.05, 3.63) is 35.9 Å². The van der Waals surface area contributed by atoms with Crippen molar-refractivity contribution in [3.63, 3.8) is 0 Å². The van der Waals surface area contributed by atoms with Crippen molar-refractivity contribution in [2.45, 2.75) is 33.2 Å². The molecule has 78 valence electrons. The van der Waals surface area contributed by atoms with Gasteiger partial charge in [-0.05, 0) is 24.4 Å². The Labute approximate surface area is 87.5 Å². The molecule has 1 rings (SSSR count). The Kier molecular flexibility index (Phi) is 5.31. The number of rotatable bonds is 6. The summed E-state index contributed by atoms with van der Waals surface area (Å²) < 4.78 is 0. The maximum atomic E-state index is 3.49. The molecule has 1 N–H and O–H groups in total. The van der Waals surface area contributed by atoms with Gasteiger partial charge >= 0.3 is 0 Å². The first-order chi connectivity index (χ1) is 6.83. The lowest BCUT2D eigenvalue weighted by atomic mass is 10.1. The maximum Gasteiger partial charge on any atom is 0.0205 e. The molecule has 0 saturated carbocycles. The van der Waals surface area contributed by atoms with Crippen LogP contribution in [0.3, 0.4) is 0 Å². The van der Waals surface area contributed by atoms with Gasteiger partial charge in [0.2, 0.25) is 0 Å². The predicted octanol–water partition coefficient (Wildman–Crippen LogP) is 3.21. The van der Waals surface area contributed by atoms with Crippen LogP contribution in [0.2, 0.25) is 0 Å². The average molecular weight is 191 g/mol. The van der Waals surface area contributed by atoms with Crippen LogP contribution in [-0.4, -0.2) is 6.54 Å². The quantitative estimate of drug-likeness (QED) is 0.728. The smallest absolute Gasteiger partial charge is 0.0205 e. The van der Waals surface area contributed by atoms with Crippen LogP contribution in [0, 0.1) is 5.92 Å². The molecule has 0 amide bonds. The SMILES string of the molecule is CCC[C@H](C)CNCc1ccccc1. The maximum absolute atomic E-state index is 3.49. The summed E-state index contributed by atoms with van der Waals surface area (Å²) in [6, 6.07) is 10.6. The van der Waals surface area contributed by atoms with Gasteiger partial charge in [0.1, 0.15) is 0 Å². The van der Waals surface area contributed by atoms with E-state index in [1.165, 1.54) is 18.4 Å². The topological polar surface area (TPSA) is 12.0 Å². The molecule has 1 nitrogen and oxygen atoms in total. The largest absolute Gasteiger partial charge is 0.312 e. The van der Waals surface area contributed by atoms with E-state index in [1.807, 2.05) is 0 Å². The van der Waals surface area contributed by atoms with Crippen molar-refractivity contribution in [1.29, 1.82) is 0 Å². The highest BCUT2D eigenvalue weighted by Gasteiger charge is 1.99. The van der Waals surface area contributed by atoms with E-state index < -0.39 is 0 Å². The highest BCUT2D eigenvalue weighted by molar-refractivity contribution is 5.14. The predicted molar refractivity (Wildman–Crippen MR) is 62.2 cm³/mol.